The monoisotopic (exact) mass is 901 g/mol. The van der Waals surface area contributed by atoms with Gasteiger partial charge in [0.15, 0.2) is 6.10 Å². The molecule has 0 aromatic carbocycles. The fourth-order valence-corrected chi connectivity index (χ4v) is 8.48. The van der Waals surface area contributed by atoms with Gasteiger partial charge in [0.2, 0.25) is 0 Å². The number of carbonyl (C=O) groups excluding carboxylic acids is 3. The molecule has 1 unspecified atom stereocenters. The molecule has 0 heterocycles. The Morgan fingerprint density at radius 2 is 0.609 bits per heavy atom. The largest absolute Gasteiger partial charge is 0.462 e. The van der Waals surface area contributed by atoms with Crippen LogP contribution in [0.1, 0.15) is 310 Å². The average Bonchev–Trinajstić information content (AvgIpc) is 3.29. The molecule has 1 atom stereocenters. The molecule has 0 amide bonds. The van der Waals surface area contributed by atoms with E-state index in [4.69, 9.17) is 14.2 Å². The SMILES string of the molecule is CC/C=C\C/C=C\CCCCCCCCCC(=O)OC(COC(=O)CCCCCCCCCCCCCCCC)COC(=O)CCCCCCCCCCCCCCCCCCCC. The van der Waals surface area contributed by atoms with Crippen molar-refractivity contribution in [2.75, 3.05) is 13.2 Å². The van der Waals surface area contributed by atoms with E-state index in [0.717, 1.165) is 77.0 Å². The van der Waals surface area contributed by atoms with Crippen LogP contribution >= 0.6 is 0 Å². The second-order valence-electron chi connectivity index (χ2n) is 19.2. The molecule has 0 aliphatic carbocycles. The fraction of sp³-hybridized carbons (Fsp3) is 0.879. The predicted octanol–water partition coefficient (Wildman–Crippen LogP) is 18.7. The Labute approximate surface area is 398 Å². The lowest BCUT2D eigenvalue weighted by Gasteiger charge is -2.18. The van der Waals surface area contributed by atoms with E-state index >= 15 is 0 Å². The zero-order valence-corrected chi connectivity index (χ0v) is 43.1. The van der Waals surface area contributed by atoms with Gasteiger partial charge in [-0.05, 0) is 44.9 Å². The highest BCUT2D eigenvalue weighted by atomic mass is 16.6. The van der Waals surface area contributed by atoms with Gasteiger partial charge in [0.1, 0.15) is 13.2 Å². The van der Waals surface area contributed by atoms with Crippen molar-refractivity contribution in [2.24, 2.45) is 0 Å². The summed E-state index contributed by atoms with van der Waals surface area (Å²) >= 11 is 0. The van der Waals surface area contributed by atoms with E-state index in [2.05, 4.69) is 45.1 Å². The van der Waals surface area contributed by atoms with Crippen LogP contribution in [0.5, 0.6) is 0 Å². The van der Waals surface area contributed by atoms with Gasteiger partial charge < -0.3 is 14.2 Å². The lowest BCUT2D eigenvalue weighted by atomic mass is 10.0. The normalized spacial score (nSPS) is 12.1. The van der Waals surface area contributed by atoms with E-state index in [0.29, 0.717) is 19.3 Å². The standard InChI is InChI=1S/C58H108O6/c1-4-7-10-13-16-19-22-25-28-29-30-31-34-36-39-42-45-48-51-57(60)63-54-55(64-58(61)52-49-46-43-40-37-33-27-24-21-18-15-12-9-6-3)53-62-56(59)50-47-44-41-38-35-32-26-23-20-17-14-11-8-5-2/h9,12,18,21,55H,4-8,10-11,13-17,19-20,22-54H2,1-3H3/b12-9-,21-18-. The van der Waals surface area contributed by atoms with Crippen molar-refractivity contribution in [3.05, 3.63) is 24.3 Å². The highest BCUT2D eigenvalue weighted by molar-refractivity contribution is 5.71. The van der Waals surface area contributed by atoms with Crippen LogP contribution < -0.4 is 0 Å². The second-order valence-corrected chi connectivity index (χ2v) is 19.2. The summed E-state index contributed by atoms with van der Waals surface area (Å²) in [6.45, 7) is 6.58. The summed E-state index contributed by atoms with van der Waals surface area (Å²) in [6.07, 6.45) is 61.7. The first-order valence-electron chi connectivity index (χ1n) is 28.3. The maximum absolute atomic E-state index is 12.8. The number of hydrogen-bond donors (Lipinski definition) is 0. The van der Waals surface area contributed by atoms with Crippen molar-refractivity contribution in [3.63, 3.8) is 0 Å². The van der Waals surface area contributed by atoms with Crippen LogP contribution in [-0.2, 0) is 28.6 Å². The van der Waals surface area contributed by atoms with Gasteiger partial charge in [-0.2, -0.15) is 0 Å². The van der Waals surface area contributed by atoms with Crippen molar-refractivity contribution in [3.8, 4) is 0 Å². The minimum absolute atomic E-state index is 0.0691. The van der Waals surface area contributed by atoms with Gasteiger partial charge in [-0.1, -0.05) is 270 Å². The lowest BCUT2D eigenvalue weighted by Crippen LogP contribution is -2.30. The van der Waals surface area contributed by atoms with Crippen molar-refractivity contribution in [1.29, 1.82) is 0 Å². The van der Waals surface area contributed by atoms with Crippen molar-refractivity contribution >= 4 is 17.9 Å². The molecule has 0 rings (SSSR count). The summed E-state index contributed by atoms with van der Waals surface area (Å²) in [5.41, 5.74) is 0. The smallest absolute Gasteiger partial charge is 0.306 e. The zero-order valence-electron chi connectivity index (χ0n) is 43.1. The topological polar surface area (TPSA) is 78.9 Å². The maximum Gasteiger partial charge on any atom is 0.306 e. The Kier molecular flexibility index (Phi) is 51.7. The van der Waals surface area contributed by atoms with Crippen molar-refractivity contribution < 1.29 is 28.6 Å². The summed E-state index contributed by atoms with van der Waals surface area (Å²) in [7, 11) is 0. The van der Waals surface area contributed by atoms with Crippen LogP contribution in [-0.4, -0.2) is 37.2 Å². The third-order valence-corrected chi connectivity index (χ3v) is 12.7. The Bertz CT molecular complexity index is 1040. The number of ether oxygens (including phenoxy) is 3. The summed E-state index contributed by atoms with van der Waals surface area (Å²) in [4.78, 5) is 38.1. The summed E-state index contributed by atoms with van der Waals surface area (Å²) in [5, 5.41) is 0. The zero-order chi connectivity index (χ0) is 46.5. The van der Waals surface area contributed by atoms with Gasteiger partial charge in [0, 0.05) is 19.3 Å². The van der Waals surface area contributed by atoms with Crippen LogP contribution in [0, 0.1) is 0 Å². The van der Waals surface area contributed by atoms with Crippen LogP contribution in [0.4, 0.5) is 0 Å². The molecule has 0 N–H and O–H groups in total. The molecule has 64 heavy (non-hydrogen) atoms. The Morgan fingerprint density at radius 3 is 0.938 bits per heavy atom. The molecule has 0 saturated heterocycles. The van der Waals surface area contributed by atoms with Crippen LogP contribution in [0.25, 0.3) is 0 Å². The average molecular weight is 901 g/mol. The minimum Gasteiger partial charge on any atom is -0.462 e. The van der Waals surface area contributed by atoms with E-state index in [1.807, 2.05) is 0 Å². The first kappa shape index (κ1) is 61.9. The number of unbranched alkanes of at least 4 members (excludes halogenated alkanes) is 37. The van der Waals surface area contributed by atoms with Crippen LogP contribution in [0.2, 0.25) is 0 Å². The van der Waals surface area contributed by atoms with Crippen LogP contribution in [0.3, 0.4) is 0 Å². The third kappa shape index (κ3) is 50.9. The number of carbonyl (C=O) groups is 3. The highest BCUT2D eigenvalue weighted by Gasteiger charge is 2.19. The third-order valence-electron chi connectivity index (χ3n) is 12.7. The first-order chi connectivity index (χ1) is 31.5. The predicted molar refractivity (Wildman–Crippen MR) is 275 cm³/mol. The van der Waals surface area contributed by atoms with E-state index in [-0.39, 0.29) is 31.1 Å². The molecule has 376 valence electrons. The maximum atomic E-state index is 12.8. The van der Waals surface area contributed by atoms with Gasteiger partial charge in [-0.25, -0.2) is 0 Å². The lowest BCUT2D eigenvalue weighted by molar-refractivity contribution is -0.167. The molecule has 6 nitrogen and oxygen atoms in total. The first-order valence-corrected chi connectivity index (χ1v) is 28.3. The number of esters is 3. The Hall–Kier alpha value is -2.11. The van der Waals surface area contributed by atoms with E-state index in [1.54, 1.807) is 0 Å². The quantitative estimate of drug-likeness (QED) is 0.0262. The molecule has 0 aliphatic rings. The van der Waals surface area contributed by atoms with E-state index in [9.17, 15) is 14.4 Å². The van der Waals surface area contributed by atoms with E-state index in [1.165, 1.54) is 193 Å². The van der Waals surface area contributed by atoms with Gasteiger partial charge in [0.25, 0.3) is 0 Å². The summed E-state index contributed by atoms with van der Waals surface area (Å²) < 4.78 is 16.9. The molecule has 0 bridgehead atoms. The van der Waals surface area contributed by atoms with Crippen LogP contribution in [0.15, 0.2) is 24.3 Å². The minimum atomic E-state index is -0.770. The number of hydrogen-bond acceptors (Lipinski definition) is 6. The molecule has 0 saturated carbocycles. The van der Waals surface area contributed by atoms with Gasteiger partial charge >= 0.3 is 17.9 Å². The number of rotatable bonds is 52. The molecule has 6 heteroatoms. The summed E-state index contributed by atoms with van der Waals surface area (Å²) in [6, 6.07) is 0. The molecular weight excluding hydrogens is 793 g/mol. The van der Waals surface area contributed by atoms with Gasteiger partial charge in [0.05, 0.1) is 0 Å². The number of allylic oxidation sites excluding steroid dienone is 4. The van der Waals surface area contributed by atoms with Crippen molar-refractivity contribution in [2.45, 2.75) is 316 Å². The summed E-state index contributed by atoms with van der Waals surface area (Å²) in [5.74, 6) is -0.857. The molecule has 0 fully saturated rings. The van der Waals surface area contributed by atoms with Crippen molar-refractivity contribution in [1.82, 2.24) is 0 Å². The Balaban J connectivity index is 4.30. The molecule has 0 aromatic rings. The van der Waals surface area contributed by atoms with E-state index < -0.39 is 6.10 Å². The molecular formula is C58H108O6. The molecule has 0 radical (unpaired) electrons. The fourth-order valence-electron chi connectivity index (χ4n) is 8.48. The second kappa shape index (κ2) is 53.5. The highest BCUT2D eigenvalue weighted by Crippen LogP contribution is 2.17. The Morgan fingerprint density at radius 1 is 0.328 bits per heavy atom. The van der Waals surface area contributed by atoms with Gasteiger partial charge in [-0.3, -0.25) is 14.4 Å². The molecule has 0 spiro atoms. The molecule has 0 aromatic heterocycles. The van der Waals surface area contributed by atoms with Gasteiger partial charge in [-0.15, -0.1) is 0 Å². The molecule has 0 aliphatic heterocycles.